The number of methoxy groups -OCH3 is 1. The summed E-state index contributed by atoms with van der Waals surface area (Å²) in [7, 11) is 1.63. The zero-order valence-corrected chi connectivity index (χ0v) is 21.2. The highest BCUT2D eigenvalue weighted by Crippen LogP contribution is 2.47. The number of rotatable bonds is 8. The Morgan fingerprint density at radius 1 is 1.08 bits per heavy atom. The maximum absolute atomic E-state index is 13.7. The van der Waals surface area contributed by atoms with E-state index in [1.165, 1.54) is 0 Å². The molecule has 0 radical (unpaired) electrons. The van der Waals surface area contributed by atoms with Gasteiger partial charge in [0.05, 0.1) is 25.9 Å². The molecule has 0 unspecified atom stereocenters. The van der Waals surface area contributed by atoms with Gasteiger partial charge in [0.1, 0.15) is 5.75 Å². The molecule has 2 aromatic rings. The van der Waals surface area contributed by atoms with Crippen LogP contribution in [0.5, 0.6) is 17.2 Å². The molecule has 2 aromatic carbocycles. The van der Waals surface area contributed by atoms with Gasteiger partial charge in [-0.1, -0.05) is 25.1 Å². The van der Waals surface area contributed by atoms with Gasteiger partial charge in [-0.25, -0.2) is 4.79 Å². The number of ketones is 1. The highest BCUT2D eigenvalue weighted by Gasteiger charge is 2.41. The number of hydrogen-bond donors (Lipinski definition) is 2. The number of esters is 1. The quantitative estimate of drug-likeness (QED) is 0.495. The van der Waals surface area contributed by atoms with E-state index in [1.54, 1.807) is 25.3 Å². The van der Waals surface area contributed by atoms with E-state index in [-0.39, 0.29) is 17.5 Å². The lowest BCUT2D eigenvalue weighted by atomic mass is 9.71. The van der Waals surface area contributed by atoms with Crippen LogP contribution in [0.4, 0.5) is 0 Å². The second-order valence-corrected chi connectivity index (χ2v) is 9.09. The van der Waals surface area contributed by atoms with Crippen molar-refractivity contribution in [2.45, 2.75) is 51.9 Å². The number of allylic oxidation sites excluding steroid dienone is 3. The van der Waals surface area contributed by atoms with Gasteiger partial charge in [-0.05, 0) is 68.0 Å². The first-order chi connectivity index (χ1) is 17.4. The lowest BCUT2D eigenvalue weighted by Crippen LogP contribution is -2.36. The van der Waals surface area contributed by atoms with Crippen LogP contribution in [-0.4, -0.2) is 37.2 Å². The number of benzene rings is 2. The van der Waals surface area contributed by atoms with E-state index in [4.69, 9.17) is 14.2 Å². The van der Waals surface area contributed by atoms with Crippen LogP contribution in [0.15, 0.2) is 65.0 Å². The highest BCUT2D eigenvalue weighted by molar-refractivity contribution is 6.04. The minimum atomic E-state index is -0.616. The lowest BCUT2D eigenvalue weighted by Gasteiger charge is -2.36. The monoisotopic (exact) mass is 491 g/mol. The van der Waals surface area contributed by atoms with Crippen molar-refractivity contribution in [3.8, 4) is 17.2 Å². The number of nitrogens with one attached hydrogen (secondary N) is 1. The number of carbonyl (C=O) groups is 2. The normalized spacial score (nSPS) is 19.5. The van der Waals surface area contributed by atoms with Gasteiger partial charge in [0.15, 0.2) is 17.3 Å². The van der Waals surface area contributed by atoms with Gasteiger partial charge in [-0.3, -0.25) is 4.79 Å². The van der Waals surface area contributed by atoms with E-state index in [2.05, 4.69) is 5.32 Å². The molecule has 1 heterocycles. The molecule has 0 spiro atoms. The minimum Gasteiger partial charge on any atom is -0.504 e. The Hall–Kier alpha value is -3.74. The van der Waals surface area contributed by atoms with E-state index < -0.39 is 11.9 Å². The summed E-state index contributed by atoms with van der Waals surface area (Å²) in [5.41, 5.74) is 4.21. The molecule has 2 N–H and O–H groups in total. The van der Waals surface area contributed by atoms with Crippen LogP contribution in [-0.2, 0) is 14.3 Å². The van der Waals surface area contributed by atoms with Crippen molar-refractivity contribution in [3.63, 3.8) is 0 Å². The molecular formula is C29H33NO6. The predicted octanol–water partition coefficient (Wildman–Crippen LogP) is 5.11. The molecule has 36 heavy (non-hydrogen) atoms. The smallest absolute Gasteiger partial charge is 0.336 e. The van der Waals surface area contributed by atoms with E-state index in [1.807, 2.05) is 45.0 Å². The molecule has 190 valence electrons. The van der Waals surface area contributed by atoms with Crippen LogP contribution in [0.2, 0.25) is 0 Å². The molecule has 2 aliphatic rings. The summed E-state index contributed by atoms with van der Waals surface area (Å²) in [6.45, 7) is 6.27. The van der Waals surface area contributed by atoms with Gasteiger partial charge in [-0.2, -0.15) is 0 Å². The average molecular weight is 492 g/mol. The molecule has 1 aliphatic carbocycles. The molecule has 4 rings (SSSR count). The Morgan fingerprint density at radius 3 is 2.47 bits per heavy atom. The third-order valence-corrected chi connectivity index (χ3v) is 6.69. The minimum absolute atomic E-state index is 0.00842. The van der Waals surface area contributed by atoms with E-state index in [9.17, 15) is 14.7 Å². The zero-order valence-electron chi connectivity index (χ0n) is 21.2. The van der Waals surface area contributed by atoms with Crippen molar-refractivity contribution in [1.29, 1.82) is 0 Å². The van der Waals surface area contributed by atoms with Crippen LogP contribution < -0.4 is 14.8 Å². The van der Waals surface area contributed by atoms with Crippen LogP contribution >= 0.6 is 0 Å². The molecule has 0 saturated heterocycles. The fourth-order valence-electron chi connectivity index (χ4n) is 5.01. The fraction of sp³-hybridized carbons (Fsp3) is 0.379. The molecule has 0 aromatic heterocycles. The first-order valence-corrected chi connectivity index (χ1v) is 12.4. The summed E-state index contributed by atoms with van der Waals surface area (Å²) in [5.74, 6) is 0.0137. The number of carbonyl (C=O) groups excluding carboxylic acids is 2. The third kappa shape index (κ3) is 4.96. The van der Waals surface area contributed by atoms with Crippen molar-refractivity contribution in [1.82, 2.24) is 5.32 Å². The van der Waals surface area contributed by atoms with E-state index in [0.717, 1.165) is 17.0 Å². The largest absolute Gasteiger partial charge is 0.504 e. The van der Waals surface area contributed by atoms with Crippen molar-refractivity contribution < 1.29 is 28.9 Å². The van der Waals surface area contributed by atoms with Gasteiger partial charge in [0.25, 0.3) is 0 Å². The second-order valence-electron chi connectivity index (χ2n) is 9.09. The topological polar surface area (TPSA) is 94.1 Å². The molecule has 0 amide bonds. The summed E-state index contributed by atoms with van der Waals surface area (Å²) in [5, 5.41) is 13.6. The molecule has 7 nitrogen and oxygen atoms in total. The summed E-state index contributed by atoms with van der Waals surface area (Å²) < 4.78 is 16.4. The zero-order chi connectivity index (χ0) is 25.8. The molecule has 0 fully saturated rings. The Bertz CT molecular complexity index is 1210. The maximum Gasteiger partial charge on any atom is 0.336 e. The Labute approximate surface area is 211 Å². The molecular weight excluding hydrogens is 458 g/mol. The Morgan fingerprint density at radius 2 is 1.81 bits per heavy atom. The standard InChI is InChI=1S/C29H33NO6/c1-5-13-36-29(33)26-17(3)30-22-14-20(18-7-10-21(34-4)11-8-18)15-24(32)28(22)27(26)19-9-12-23(31)25(16-19)35-6-2/h7-12,16,20,27,30-31H,5-6,13-15H2,1-4H3/t20-,27+/m1/s1. The second kappa shape index (κ2) is 10.9. The number of aromatic hydroxyl groups is 1. The molecule has 2 atom stereocenters. The predicted molar refractivity (Wildman–Crippen MR) is 136 cm³/mol. The van der Waals surface area contributed by atoms with Crippen molar-refractivity contribution in [2.24, 2.45) is 0 Å². The van der Waals surface area contributed by atoms with Crippen LogP contribution in [0.25, 0.3) is 0 Å². The molecule has 0 saturated carbocycles. The van der Waals surface area contributed by atoms with E-state index in [0.29, 0.717) is 60.6 Å². The number of hydrogen-bond acceptors (Lipinski definition) is 7. The Kier molecular flexibility index (Phi) is 7.67. The van der Waals surface area contributed by atoms with Crippen molar-refractivity contribution in [2.75, 3.05) is 20.3 Å². The SMILES string of the molecule is CCCOC(=O)C1=C(C)NC2=C(C(=O)C[C@H](c3ccc(OC)cc3)C2)[C@H]1c1ccc(O)c(OCC)c1. The lowest BCUT2D eigenvalue weighted by molar-refractivity contribution is -0.139. The summed E-state index contributed by atoms with van der Waals surface area (Å²) in [6.07, 6.45) is 1.66. The summed E-state index contributed by atoms with van der Waals surface area (Å²) in [4.78, 5) is 26.9. The van der Waals surface area contributed by atoms with Gasteiger partial charge < -0.3 is 24.6 Å². The molecule has 1 aliphatic heterocycles. The average Bonchev–Trinajstić information content (AvgIpc) is 2.87. The molecule has 0 bridgehead atoms. The van der Waals surface area contributed by atoms with Gasteiger partial charge >= 0.3 is 5.97 Å². The van der Waals surface area contributed by atoms with Crippen LogP contribution in [0.1, 0.15) is 63.0 Å². The third-order valence-electron chi connectivity index (χ3n) is 6.69. The van der Waals surface area contributed by atoms with Gasteiger partial charge in [-0.15, -0.1) is 0 Å². The van der Waals surface area contributed by atoms with Gasteiger partial charge in [0.2, 0.25) is 0 Å². The number of ether oxygens (including phenoxy) is 3. The Balaban J connectivity index is 1.78. The van der Waals surface area contributed by atoms with Crippen molar-refractivity contribution >= 4 is 11.8 Å². The first-order valence-electron chi connectivity index (χ1n) is 12.4. The van der Waals surface area contributed by atoms with E-state index >= 15 is 0 Å². The van der Waals surface area contributed by atoms with Crippen LogP contribution in [0.3, 0.4) is 0 Å². The number of dihydropyridines is 1. The van der Waals surface area contributed by atoms with Crippen LogP contribution in [0, 0.1) is 0 Å². The molecule has 7 heteroatoms. The fourth-order valence-corrected chi connectivity index (χ4v) is 5.01. The summed E-state index contributed by atoms with van der Waals surface area (Å²) >= 11 is 0. The van der Waals surface area contributed by atoms with Gasteiger partial charge in [0, 0.05) is 29.3 Å². The highest BCUT2D eigenvalue weighted by atomic mass is 16.5. The number of phenolic OH excluding ortho intramolecular Hbond substituents is 1. The summed E-state index contributed by atoms with van der Waals surface area (Å²) in [6, 6.07) is 12.8. The number of Topliss-reactive ketones (excluding diaryl/α,β-unsaturated/α-hetero) is 1. The number of phenols is 1. The van der Waals surface area contributed by atoms with Crippen molar-refractivity contribution in [3.05, 3.63) is 76.1 Å². The first kappa shape index (κ1) is 25.4. The maximum atomic E-state index is 13.7.